The third-order valence-electron chi connectivity index (χ3n) is 3.76. The fourth-order valence-electron chi connectivity index (χ4n) is 2.70. The average molecular weight is 281 g/mol. The summed E-state index contributed by atoms with van der Waals surface area (Å²) in [6.45, 7) is 5.05. The number of aryl methyl sites for hydroxylation is 2. The van der Waals surface area contributed by atoms with Gasteiger partial charge in [-0.25, -0.2) is 4.98 Å². The van der Waals surface area contributed by atoms with Gasteiger partial charge in [0.05, 0.1) is 18.1 Å². The van der Waals surface area contributed by atoms with Crippen molar-refractivity contribution in [2.24, 2.45) is 0 Å². The van der Waals surface area contributed by atoms with Crippen molar-refractivity contribution in [2.45, 2.75) is 20.4 Å². The van der Waals surface area contributed by atoms with Crippen LogP contribution in [-0.2, 0) is 6.54 Å². The fraction of sp³-hybridized carbons (Fsp3) is 0.235. The maximum Gasteiger partial charge on any atom is 0.141 e. The third kappa shape index (κ3) is 2.23. The number of nitrogens with two attached hydrogens (primary N) is 1. The number of ether oxygens (including phenoxy) is 1. The Labute approximate surface area is 124 Å². The van der Waals surface area contributed by atoms with Gasteiger partial charge in [-0.3, -0.25) is 0 Å². The zero-order valence-electron chi connectivity index (χ0n) is 12.6. The highest BCUT2D eigenvalue weighted by molar-refractivity contribution is 5.82. The molecule has 0 atom stereocenters. The summed E-state index contributed by atoms with van der Waals surface area (Å²) in [4.78, 5) is 4.80. The Morgan fingerprint density at radius 1 is 1.19 bits per heavy atom. The number of aromatic nitrogens is 2. The van der Waals surface area contributed by atoms with Crippen LogP contribution in [0.15, 0.2) is 36.4 Å². The van der Waals surface area contributed by atoms with Crippen molar-refractivity contribution < 1.29 is 4.74 Å². The highest BCUT2D eigenvalue weighted by Crippen LogP contribution is 2.30. The van der Waals surface area contributed by atoms with Gasteiger partial charge >= 0.3 is 0 Å². The number of nitrogen functional groups attached to an aromatic ring is 1. The molecule has 4 nitrogen and oxygen atoms in total. The smallest absolute Gasteiger partial charge is 0.141 e. The second-order valence-electron chi connectivity index (χ2n) is 5.11. The van der Waals surface area contributed by atoms with Crippen molar-refractivity contribution in [3.63, 3.8) is 0 Å². The molecule has 0 fully saturated rings. The predicted molar refractivity (Wildman–Crippen MR) is 86.5 cm³/mol. The van der Waals surface area contributed by atoms with Gasteiger partial charge in [0.1, 0.15) is 11.6 Å². The second kappa shape index (κ2) is 5.13. The number of imidazole rings is 1. The highest BCUT2D eigenvalue weighted by atomic mass is 16.5. The Morgan fingerprint density at radius 2 is 2.00 bits per heavy atom. The van der Waals surface area contributed by atoms with Crippen LogP contribution >= 0.6 is 0 Å². The van der Waals surface area contributed by atoms with Crippen LogP contribution in [0, 0.1) is 6.92 Å². The third-order valence-corrected chi connectivity index (χ3v) is 3.76. The maximum atomic E-state index is 5.85. The van der Waals surface area contributed by atoms with Crippen LogP contribution in [0.25, 0.3) is 22.4 Å². The minimum Gasteiger partial charge on any atom is -0.497 e. The van der Waals surface area contributed by atoms with Crippen LogP contribution in [0.5, 0.6) is 5.75 Å². The topological polar surface area (TPSA) is 53.1 Å². The van der Waals surface area contributed by atoms with Crippen LogP contribution in [0.3, 0.4) is 0 Å². The van der Waals surface area contributed by atoms with Crippen molar-refractivity contribution in [1.29, 1.82) is 0 Å². The van der Waals surface area contributed by atoms with Gasteiger partial charge in [-0.2, -0.15) is 0 Å². The molecular weight excluding hydrogens is 262 g/mol. The van der Waals surface area contributed by atoms with Gasteiger partial charge in [-0.05, 0) is 49.7 Å². The first-order valence-electron chi connectivity index (χ1n) is 7.04. The molecule has 21 heavy (non-hydrogen) atoms. The van der Waals surface area contributed by atoms with E-state index in [-0.39, 0.29) is 0 Å². The van der Waals surface area contributed by atoms with Gasteiger partial charge in [0.2, 0.25) is 0 Å². The van der Waals surface area contributed by atoms with E-state index < -0.39 is 0 Å². The lowest BCUT2D eigenvalue weighted by Crippen LogP contribution is -1.99. The average Bonchev–Trinajstić information content (AvgIpc) is 2.84. The number of benzene rings is 2. The van der Waals surface area contributed by atoms with Gasteiger partial charge in [0, 0.05) is 23.9 Å². The van der Waals surface area contributed by atoms with Gasteiger partial charge in [-0.15, -0.1) is 0 Å². The van der Waals surface area contributed by atoms with Gasteiger partial charge in [0.15, 0.2) is 0 Å². The summed E-state index contributed by atoms with van der Waals surface area (Å²) in [6.07, 6.45) is 0. The lowest BCUT2D eigenvalue weighted by atomic mass is 10.1. The second-order valence-corrected chi connectivity index (χ2v) is 5.11. The Bertz CT molecular complexity index is 805. The molecule has 0 unspecified atom stereocenters. The number of methoxy groups -OCH3 is 1. The molecule has 1 aromatic heterocycles. The Hall–Kier alpha value is -2.49. The number of fused-ring (bicyclic) bond motifs is 1. The van der Waals surface area contributed by atoms with Crippen molar-refractivity contribution in [1.82, 2.24) is 9.55 Å². The van der Waals surface area contributed by atoms with Crippen molar-refractivity contribution in [3.05, 3.63) is 42.0 Å². The Kier molecular flexibility index (Phi) is 3.29. The molecule has 3 rings (SSSR count). The molecule has 0 amide bonds. The molecule has 0 aliphatic carbocycles. The van der Waals surface area contributed by atoms with E-state index in [0.29, 0.717) is 0 Å². The van der Waals surface area contributed by atoms with Crippen molar-refractivity contribution in [2.75, 3.05) is 12.8 Å². The summed E-state index contributed by atoms with van der Waals surface area (Å²) in [6, 6.07) is 11.9. The summed E-state index contributed by atoms with van der Waals surface area (Å²) in [7, 11) is 1.67. The molecule has 2 aromatic carbocycles. The summed E-state index contributed by atoms with van der Waals surface area (Å²) >= 11 is 0. The lowest BCUT2D eigenvalue weighted by Gasteiger charge is -2.09. The SMILES string of the molecule is CCn1c(-c2ccc(N)cc2C)nc2cc(OC)ccc21. The molecule has 1 heterocycles. The Balaban J connectivity index is 2.26. The van der Waals surface area contributed by atoms with Crippen molar-refractivity contribution >= 4 is 16.7 Å². The standard InChI is InChI=1S/C17H19N3O/c1-4-20-16-8-6-13(21-3)10-15(16)19-17(20)14-7-5-12(18)9-11(14)2/h5-10H,4,18H2,1-3H3. The molecular formula is C17H19N3O. The quantitative estimate of drug-likeness (QED) is 0.746. The molecule has 0 spiro atoms. The first kappa shape index (κ1) is 13.5. The molecule has 0 bridgehead atoms. The predicted octanol–water partition coefficient (Wildman–Crippen LogP) is 3.62. The van der Waals surface area contributed by atoms with E-state index in [1.807, 2.05) is 30.3 Å². The summed E-state index contributed by atoms with van der Waals surface area (Å²) in [5, 5.41) is 0. The lowest BCUT2D eigenvalue weighted by molar-refractivity contribution is 0.415. The van der Waals surface area contributed by atoms with E-state index in [9.17, 15) is 0 Å². The van der Waals surface area contributed by atoms with E-state index in [1.54, 1.807) is 7.11 Å². The number of hydrogen-bond donors (Lipinski definition) is 1. The number of hydrogen-bond acceptors (Lipinski definition) is 3. The van der Waals surface area contributed by atoms with E-state index in [1.165, 1.54) is 0 Å². The van der Waals surface area contributed by atoms with Crippen LogP contribution in [0.4, 0.5) is 5.69 Å². The van der Waals surface area contributed by atoms with E-state index in [2.05, 4.69) is 24.5 Å². The Morgan fingerprint density at radius 3 is 2.67 bits per heavy atom. The molecule has 4 heteroatoms. The molecule has 0 aliphatic heterocycles. The number of nitrogens with zero attached hydrogens (tertiary/aromatic N) is 2. The molecule has 3 aromatic rings. The van der Waals surface area contributed by atoms with E-state index in [0.717, 1.165) is 46.0 Å². The van der Waals surface area contributed by atoms with Gasteiger partial charge in [0.25, 0.3) is 0 Å². The molecule has 0 aliphatic rings. The maximum absolute atomic E-state index is 5.85. The molecule has 2 N–H and O–H groups in total. The monoisotopic (exact) mass is 281 g/mol. The zero-order chi connectivity index (χ0) is 15.0. The van der Waals surface area contributed by atoms with E-state index >= 15 is 0 Å². The normalized spacial score (nSPS) is 11.0. The summed E-state index contributed by atoms with van der Waals surface area (Å²) < 4.78 is 7.50. The summed E-state index contributed by atoms with van der Waals surface area (Å²) in [5.41, 5.74) is 10.9. The minimum absolute atomic E-state index is 0.775. The molecule has 0 saturated heterocycles. The van der Waals surface area contributed by atoms with E-state index in [4.69, 9.17) is 15.5 Å². The molecule has 0 radical (unpaired) electrons. The van der Waals surface area contributed by atoms with Gasteiger partial charge in [-0.1, -0.05) is 0 Å². The minimum atomic E-state index is 0.775. The summed E-state index contributed by atoms with van der Waals surface area (Å²) in [5.74, 6) is 1.79. The zero-order valence-corrected chi connectivity index (χ0v) is 12.6. The first-order valence-corrected chi connectivity index (χ1v) is 7.04. The number of anilines is 1. The van der Waals surface area contributed by atoms with Crippen LogP contribution in [0.1, 0.15) is 12.5 Å². The number of rotatable bonds is 3. The van der Waals surface area contributed by atoms with Crippen LogP contribution in [-0.4, -0.2) is 16.7 Å². The van der Waals surface area contributed by atoms with Crippen LogP contribution < -0.4 is 10.5 Å². The molecule has 0 saturated carbocycles. The van der Waals surface area contributed by atoms with Crippen LogP contribution in [0.2, 0.25) is 0 Å². The first-order chi connectivity index (χ1) is 10.1. The fourth-order valence-corrected chi connectivity index (χ4v) is 2.70. The molecule has 108 valence electrons. The van der Waals surface area contributed by atoms with Crippen molar-refractivity contribution in [3.8, 4) is 17.1 Å². The highest BCUT2D eigenvalue weighted by Gasteiger charge is 2.14. The largest absolute Gasteiger partial charge is 0.497 e. The van der Waals surface area contributed by atoms with Gasteiger partial charge < -0.3 is 15.0 Å².